The van der Waals surface area contributed by atoms with E-state index in [9.17, 15) is 4.79 Å². The predicted molar refractivity (Wildman–Crippen MR) is 107 cm³/mol. The number of halogens is 1. The maximum atomic E-state index is 12.5. The van der Waals surface area contributed by atoms with Gasteiger partial charge in [0.2, 0.25) is 5.91 Å². The van der Waals surface area contributed by atoms with Crippen LogP contribution in [0.1, 0.15) is 30.9 Å². The molecule has 0 radical (unpaired) electrons. The summed E-state index contributed by atoms with van der Waals surface area (Å²) in [7, 11) is 0. The zero-order chi connectivity index (χ0) is 17.6. The highest BCUT2D eigenvalue weighted by Crippen LogP contribution is 2.27. The lowest BCUT2D eigenvalue weighted by atomic mass is 9.92. The third kappa shape index (κ3) is 5.23. The third-order valence-electron chi connectivity index (χ3n) is 4.73. The van der Waals surface area contributed by atoms with Crippen LogP contribution in [0.4, 0.5) is 0 Å². The van der Waals surface area contributed by atoms with E-state index in [-0.39, 0.29) is 24.2 Å². The Labute approximate surface area is 161 Å². The van der Waals surface area contributed by atoms with Crippen molar-refractivity contribution in [3.05, 3.63) is 59.7 Å². The zero-order valence-corrected chi connectivity index (χ0v) is 16.1. The molecular formula is C21H27ClN2O2. The molecule has 3 rings (SSSR count). The summed E-state index contributed by atoms with van der Waals surface area (Å²) < 4.78 is 6.07. The summed E-state index contributed by atoms with van der Waals surface area (Å²) in [6.07, 6.45) is 1.80. The molecule has 2 aromatic carbocycles. The van der Waals surface area contributed by atoms with Gasteiger partial charge in [-0.3, -0.25) is 4.79 Å². The van der Waals surface area contributed by atoms with Crippen LogP contribution in [0.15, 0.2) is 48.5 Å². The average Bonchev–Trinajstić information content (AvgIpc) is 2.62. The van der Waals surface area contributed by atoms with Crippen molar-refractivity contribution < 1.29 is 9.53 Å². The van der Waals surface area contributed by atoms with Gasteiger partial charge < -0.3 is 15.4 Å². The standard InChI is InChI=1S/C21H26N2O2.ClH/c1-15-7-3-5-9-19(15)25-20-10-6-4-8-18(20)14-23-21(24)17-11-12-22-16(2)13-17;/h3-10,16-17,22H,11-14H2,1-2H3,(H,23,24);1H/t16-,17-;/m0./s1. The number of hydrogen-bond donors (Lipinski definition) is 2. The zero-order valence-electron chi connectivity index (χ0n) is 15.3. The van der Waals surface area contributed by atoms with E-state index in [2.05, 4.69) is 17.6 Å². The fourth-order valence-corrected chi connectivity index (χ4v) is 3.24. The van der Waals surface area contributed by atoms with Crippen molar-refractivity contribution in [3.63, 3.8) is 0 Å². The van der Waals surface area contributed by atoms with Gasteiger partial charge >= 0.3 is 0 Å². The largest absolute Gasteiger partial charge is 0.457 e. The Morgan fingerprint density at radius 2 is 1.85 bits per heavy atom. The van der Waals surface area contributed by atoms with E-state index in [1.165, 1.54) is 0 Å². The molecule has 2 atom stereocenters. The van der Waals surface area contributed by atoms with E-state index in [1.54, 1.807) is 0 Å². The summed E-state index contributed by atoms with van der Waals surface area (Å²) in [5, 5.41) is 6.47. The Balaban J connectivity index is 0.00000243. The van der Waals surface area contributed by atoms with Gasteiger partial charge in [-0.2, -0.15) is 0 Å². The first-order valence-corrected chi connectivity index (χ1v) is 8.96. The summed E-state index contributed by atoms with van der Waals surface area (Å²) in [6, 6.07) is 16.2. The van der Waals surface area contributed by atoms with Crippen LogP contribution in [-0.2, 0) is 11.3 Å². The van der Waals surface area contributed by atoms with Crippen molar-refractivity contribution in [2.24, 2.45) is 5.92 Å². The number of piperidine rings is 1. The molecule has 0 spiro atoms. The highest BCUT2D eigenvalue weighted by molar-refractivity contribution is 5.85. The van der Waals surface area contributed by atoms with Crippen LogP contribution >= 0.6 is 12.4 Å². The molecule has 1 heterocycles. The number of rotatable bonds is 5. The van der Waals surface area contributed by atoms with Crippen molar-refractivity contribution in [3.8, 4) is 11.5 Å². The van der Waals surface area contributed by atoms with Gasteiger partial charge in [-0.1, -0.05) is 36.4 Å². The van der Waals surface area contributed by atoms with Crippen molar-refractivity contribution in [2.75, 3.05) is 6.54 Å². The summed E-state index contributed by atoms with van der Waals surface area (Å²) in [5.74, 6) is 1.86. The lowest BCUT2D eigenvalue weighted by Crippen LogP contribution is -2.42. The molecule has 0 saturated carbocycles. The van der Waals surface area contributed by atoms with Gasteiger partial charge in [0.25, 0.3) is 0 Å². The summed E-state index contributed by atoms with van der Waals surface area (Å²) in [5.41, 5.74) is 2.08. The average molecular weight is 375 g/mol. The van der Waals surface area contributed by atoms with Crippen LogP contribution < -0.4 is 15.4 Å². The summed E-state index contributed by atoms with van der Waals surface area (Å²) in [6.45, 7) is 5.55. The number of aryl methyl sites for hydroxylation is 1. The van der Waals surface area contributed by atoms with E-state index in [1.807, 2.05) is 55.5 Å². The second-order valence-electron chi connectivity index (χ2n) is 6.77. The molecule has 0 unspecified atom stereocenters. The molecule has 140 valence electrons. The third-order valence-corrected chi connectivity index (χ3v) is 4.73. The topological polar surface area (TPSA) is 50.4 Å². The predicted octanol–water partition coefficient (Wildman–Crippen LogP) is 4.21. The molecule has 2 N–H and O–H groups in total. The maximum absolute atomic E-state index is 12.5. The van der Waals surface area contributed by atoms with Gasteiger partial charge in [0, 0.05) is 24.1 Å². The van der Waals surface area contributed by atoms with Gasteiger partial charge in [-0.25, -0.2) is 0 Å². The Hall–Kier alpha value is -2.04. The first-order valence-electron chi connectivity index (χ1n) is 8.96. The van der Waals surface area contributed by atoms with E-state index < -0.39 is 0 Å². The van der Waals surface area contributed by atoms with Crippen LogP contribution in [0.3, 0.4) is 0 Å². The SMILES string of the molecule is Cc1ccccc1Oc1ccccc1CNC(=O)[C@H]1CCN[C@@H](C)C1.Cl. The maximum Gasteiger partial charge on any atom is 0.223 e. The molecule has 1 saturated heterocycles. The normalized spacial score (nSPS) is 19.3. The molecule has 4 nitrogen and oxygen atoms in total. The quantitative estimate of drug-likeness (QED) is 0.824. The van der Waals surface area contributed by atoms with Gasteiger partial charge in [-0.15, -0.1) is 12.4 Å². The Bertz CT molecular complexity index is 735. The molecule has 1 aliphatic heterocycles. The molecule has 0 aliphatic carbocycles. The second kappa shape index (κ2) is 9.60. The lowest BCUT2D eigenvalue weighted by molar-refractivity contribution is -0.126. The first-order chi connectivity index (χ1) is 12.1. The molecule has 0 aromatic heterocycles. The minimum atomic E-state index is 0. The monoisotopic (exact) mass is 374 g/mol. The van der Waals surface area contributed by atoms with Crippen molar-refractivity contribution in [1.29, 1.82) is 0 Å². The molecule has 1 fully saturated rings. The number of benzene rings is 2. The summed E-state index contributed by atoms with van der Waals surface area (Å²) in [4.78, 5) is 12.5. The second-order valence-corrected chi connectivity index (χ2v) is 6.77. The lowest BCUT2D eigenvalue weighted by Gasteiger charge is -2.27. The number of carbonyl (C=O) groups excluding carboxylic acids is 1. The number of hydrogen-bond acceptors (Lipinski definition) is 3. The van der Waals surface area contributed by atoms with Crippen LogP contribution in [0.5, 0.6) is 11.5 Å². The van der Waals surface area contributed by atoms with Crippen molar-refractivity contribution >= 4 is 18.3 Å². The van der Waals surface area contributed by atoms with E-state index >= 15 is 0 Å². The molecule has 26 heavy (non-hydrogen) atoms. The van der Waals surface area contributed by atoms with E-state index in [0.29, 0.717) is 12.6 Å². The molecule has 1 aliphatic rings. The van der Waals surface area contributed by atoms with Gasteiger partial charge in [-0.05, 0) is 50.9 Å². The van der Waals surface area contributed by atoms with Crippen molar-refractivity contribution in [2.45, 2.75) is 39.3 Å². The highest BCUT2D eigenvalue weighted by Gasteiger charge is 2.24. The van der Waals surface area contributed by atoms with Crippen LogP contribution in [0.25, 0.3) is 0 Å². The Morgan fingerprint density at radius 3 is 2.58 bits per heavy atom. The molecular weight excluding hydrogens is 348 g/mol. The molecule has 2 aromatic rings. The first kappa shape index (κ1) is 20.3. The van der Waals surface area contributed by atoms with Gasteiger partial charge in [0.1, 0.15) is 11.5 Å². The number of nitrogens with one attached hydrogen (secondary N) is 2. The minimum absolute atomic E-state index is 0. The molecule has 1 amide bonds. The van der Waals surface area contributed by atoms with E-state index in [4.69, 9.17) is 4.74 Å². The number of para-hydroxylation sites is 2. The number of carbonyl (C=O) groups is 1. The number of ether oxygens (including phenoxy) is 1. The Kier molecular flexibility index (Phi) is 7.49. The number of amides is 1. The van der Waals surface area contributed by atoms with E-state index in [0.717, 1.165) is 42.0 Å². The minimum Gasteiger partial charge on any atom is -0.457 e. The van der Waals surface area contributed by atoms with Gasteiger partial charge in [0.05, 0.1) is 0 Å². The molecule has 5 heteroatoms. The fraction of sp³-hybridized carbons (Fsp3) is 0.381. The smallest absolute Gasteiger partial charge is 0.223 e. The van der Waals surface area contributed by atoms with Crippen LogP contribution in [0, 0.1) is 12.8 Å². The van der Waals surface area contributed by atoms with Crippen LogP contribution in [0.2, 0.25) is 0 Å². The highest BCUT2D eigenvalue weighted by atomic mass is 35.5. The van der Waals surface area contributed by atoms with Gasteiger partial charge in [0.15, 0.2) is 0 Å². The Morgan fingerprint density at radius 1 is 1.15 bits per heavy atom. The fourth-order valence-electron chi connectivity index (χ4n) is 3.24. The van der Waals surface area contributed by atoms with Crippen LogP contribution in [-0.4, -0.2) is 18.5 Å². The van der Waals surface area contributed by atoms with Crippen molar-refractivity contribution in [1.82, 2.24) is 10.6 Å². The molecule has 0 bridgehead atoms. The summed E-state index contributed by atoms with van der Waals surface area (Å²) >= 11 is 0.